The molecule has 1 amide bonds. The van der Waals surface area contributed by atoms with Crippen LogP contribution < -0.4 is 26.4 Å². The second-order valence-corrected chi connectivity index (χ2v) is 9.40. The van der Waals surface area contributed by atoms with Crippen molar-refractivity contribution < 1.29 is 31.5 Å². The summed E-state index contributed by atoms with van der Waals surface area (Å²) in [6, 6.07) is 8.15. The lowest BCUT2D eigenvalue weighted by Crippen LogP contribution is -2.55. The molecule has 0 spiro atoms. The lowest BCUT2D eigenvalue weighted by Gasteiger charge is -2.42. The first kappa shape index (κ1) is 32.2. The van der Waals surface area contributed by atoms with E-state index >= 15 is 0 Å². The number of hydrogen-bond donors (Lipinski definition) is 3. The Labute approximate surface area is 240 Å². The van der Waals surface area contributed by atoms with Crippen molar-refractivity contribution in [2.24, 2.45) is 5.84 Å². The number of benzene rings is 2. The van der Waals surface area contributed by atoms with Gasteiger partial charge in [0.15, 0.2) is 29.1 Å². The standard InChI is InChI=1S/C29H31F5N6O2/c1-36-18-39(21-7-8-23(30)24(31)13-21)29(17-41,10-12-38-19-42)9-3-2-6-27(20-5-4-11-37-16-20)40(35)22-14-25(32)28(34)26(33)15-22/h4-8,11,13-17,19,36H,2-3,9-10,12,18,35H2,1H3,(H,38,42)/b27-6-. The van der Waals surface area contributed by atoms with Gasteiger partial charge in [-0.15, -0.1) is 0 Å². The van der Waals surface area contributed by atoms with Crippen LogP contribution >= 0.6 is 0 Å². The Hall–Kier alpha value is -4.36. The molecule has 1 atom stereocenters. The number of halogens is 5. The van der Waals surface area contributed by atoms with Crippen LogP contribution in [0.1, 0.15) is 31.2 Å². The molecular weight excluding hydrogens is 559 g/mol. The summed E-state index contributed by atoms with van der Waals surface area (Å²) >= 11 is 0. The molecule has 0 aliphatic rings. The molecule has 3 rings (SSSR count). The van der Waals surface area contributed by atoms with Crippen LogP contribution in [0.4, 0.5) is 33.3 Å². The van der Waals surface area contributed by atoms with Crippen molar-refractivity contribution in [3.8, 4) is 0 Å². The number of pyridine rings is 1. The van der Waals surface area contributed by atoms with E-state index in [0.717, 1.165) is 29.3 Å². The Morgan fingerprint density at radius 2 is 1.69 bits per heavy atom. The zero-order valence-electron chi connectivity index (χ0n) is 22.8. The molecule has 3 aromatic rings. The highest BCUT2D eigenvalue weighted by Crippen LogP contribution is 2.32. The first-order valence-corrected chi connectivity index (χ1v) is 13.0. The van der Waals surface area contributed by atoms with Crippen LogP contribution in [0.5, 0.6) is 0 Å². The predicted molar refractivity (Wildman–Crippen MR) is 149 cm³/mol. The molecule has 0 bridgehead atoms. The third-order valence-corrected chi connectivity index (χ3v) is 6.69. The molecule has 224 valence electrons. The number of aldehydes is 1. The number of hydrogen-bond acceptors (Lipinski definition) is 7. The molecule has 8 nitrogen and oxygen atoms in total. The van der Waals surface area contributed by atoms with Gasteiger partial charge < -0.3 is 20.3 Å². The van der Waals surface area contributed by atoms with Crippen LogP contribution in [-0.2, 0) is 9.59 Å². The largest absolute Gasteiger partial charge is 0.359 e. The molecule has 0 radical (unpaired) electrons. The van der Waals surface area contributed by atoms with Gasteiger partial charge in [0.25, 0.3) is 0 Å². The third kappa shape index (κ3) is 7.68. The molecule has 0 fully saturated rings. The van der Waals surface area contributed by atoms with Gasteiger partial charge in [-0.1, -0.05) is 6.08 Å². The van der Waals surface area contributed by atoms with Crippen LogP contribution in [-0.4, -0.2) is 43.5 Å². The van der Waals surface area contributed by atoms with Crippen molar-refractivity contribution in [2.45, 2.75) is 31.2 Å². The summed E-state index contributed by atoms with van der Waals surface area (Å²) in [6.45, 7) is 0.223. The molecule has 0 aliphatic carbocycles. The fraction of sp³-hybridized carbons (Fsp3) is 0.276. The molecule has 1 heterocycles. The molecule has 0 saturated heterocycles. The minimum Gasteiger partial charge on any atom is -0.359 e. The molecule has 1 aromatic heterocycles. The molecule has 1 unspecified atom stereocenters. The lowest BCUT2D eigenvalue weighted by molar-refractivity contribution is -0.113. The Kier molecular flexibility index (Phi) is 11.5. The van der Waals surface area contributed by atoms with Gasteiger partial charge in [0.1, 0.15) is 6.29 Å². The molecular formula is C29H31F5N6O2. The maximum Gasteiger partial charge on any atom is 0.207 e. The SMILES string of the molecule is CNCN(c1ccc(F)c(F)c1)C(C=O)(CCC/C=C(/c1cccnc1)N(N)c1cc(F)c(F)c(F)c1)CCNC=O. The van der Waals surface area contributed by atoms with Crippen molar-refractivity contribution in [3.63, 3.8) is 0 Å². The maximum absolute atomic E-state index is 14.2. The number of rotatable bonds is 16. The number of amides is 1. The van der Waals surface area contributed by atoms with E-state index in [2.05, 4.69) is 15.6 Å². The van der Waals surface area contributed by atoms with E-state index in [-0.39, 0.29) is 37.4 Å². The minimum atomic E-state index is -1.62. The number of unbranched alkanes of at least 4 members (excludes halogenated alkanes) is 1. The number of nitrogens with zero attached hydrogens (tertiary/aromatic N) is 3. The number of anilines is 2. The summed E-state index contributed by atoms with van der Waals surface area (Å²) < 4.78 is 69.3. The van der Waals surface area contributed by atoms with Gasteiger partial charge in [-0.3, -0.25) is 14.8 Å². The number of aromatic nitrogens is 1. The topological polar surface area (TPSA) is 104 Å². The number of carbonyl (C=O) groups excluding carboxylic acids is 2. The fourth-order valence-electron chi connectivity index (χ4n) is 4.58. The van der Waals surface area contributed by atoms with Gasteiger partial charge in [-0.2, -0.15) is 0 Å². The quantitative estimate of drug-likeness (QED) is 0.0432. The van der Waals surface area contributed by atoms with Crippen LogP contribution in [0, 0.1) is 29.1 Å². The fourth-order valence-corrected chi connectivity index (χ4v) is 4.58. The van der Waals surface area contributed by atoms with Crippen molar-refractivity contribution >= 4 is 29.8 Å². The molecule has 4 N–H and O–H groups in total. The van der Waals surface area contributed by atoms with Crippen molar-refractivity contribution in [1.29, 1.82) is 0 Å². The van der Waals surface area contributed by atoms with Crippen molar-refractivity contribution in [2.75, 3.05) is 30.2 Å². The Morgan fingerprint density at radius 1 is 0.976 bits per heavy atom. The highest BCUT2D eigenvalue weighted by molar-refractivity contribution is 5.78. The molecule has 0 saturated carbocycles. The summed E-state index contributed by atoms with van der Waals surface area (Å²) in [5, 5.41) is 6.47. The predicted octanol–water partition coefficient (Wildman–Crippen LogP) is 4.43. The Morgan fingerprint density at radius 3 is 2.29 bits per heavy atom. The molecule has 13 heteroatoms. The number of nitrogens with two attached hydrogens (primary N) is 1. The summed E-state index contributed by atoms with van der Waals surface area (Å²) in [7, 11) is 1.63. The summed E-state index contributed by atoms with van der Waals surface area (Å²) in [6.07, 6.45) is 6.90. The highest BCUT2D eigenvalue weighted by Gasteiger charge is 2.36. The zero-order chi connectivity index (χ0) is 30.7. The summed E-state index contributed by atoms with van der Waals surface area (Å²) in [4.78, 5) is 29.3. The number of allylic oxidation sites excluding steroid dienone is 1. The molecule has 0 aliphatic heterocycles. The van der Waals surface area contributed by atoms with Crippen molar-refractivity contribution in [3.05, 3.63) is 95.6 Å². The Balaban J connectivity index is 1.94. The van der Waals surface area contributed by atoms with Gasteiger partial charge in [0, 0.05) is 48.4 Å². The number of carbonyl (C=O) groups is 2. The molecule has 42 heavy (non-hydrogen) atoms. The second-order valence-electron chi connectivity index (χ2n) is 9.40. The van der Waals surface area contributed by atoms with Gasteiger partial charge in [0.05, 0.1) is 23.6 Å². The number of hydrazine groups is 1. The monoisotopic (exact) mass is 590 g/mol. The lowest BCUT2D eigenvalue weighted by atomic mass is 9.87. The van der Waals surface area contributed by atoms with E-state index in [1.54, 1.807) is 30.2 Å². The number of nitrogens with one attached hydrogen (secondary N) is 2. The van der Waals surface area contributed by atoms with E-state index < -0.39 is 34.6 Å². The van der Waals surface area contributed by atoms with Crippen molar-refractivity contribution in [1.82, 2.24) is 15.6 Å². The van der Waals surface area contributed by atoms with E-state index in [4.69, 9.17) is 5.84 Å². The smallest absolute Gasteiger partial charge is 0.207 e. The molecule has 2 aromatic carbocycles. The summed E-state index contributed by atoms with van der Waals surface area (Å²) in [5.41, 5.74) is -0.346. The van der Waals surface area contributed by atoms with E-state index in [1.807, 2.05) is 0 Å². The van der Waals surface area contributed by atoms with E-state index in [0.29, 0.717) is 36.8 Å². The van der Waals surface area contributed by atoms with Crippen LogP contribution in [0.25, 0.3) is 5.70 Å². The van der Waals surface area contributed by atoms with Gasteiger partial charge >= 0.3 is 0 Å². The maximum atomic E-state index is 14.2. The summed E-state index contributed by atoms with van der Waals surface area (Å²) in [5.74, 6) is -0.340. The second kappa shape index (κ2) is 15.0. The first-order chi connectivity index (χ1) is 20.2. The average Bonchev–Trinajstić information content (AvgIpc) is 2.99. The Bertz CT molecular complexity index is 1370. The third-order valence-electron chi connectivity index (χ3n) is 6.69. The van der Waals surface area contributed by atoms with Gasteiger partial charge in [0.2, 0.25) is 6.41 Å². The van der Waals surface area contributed by atoms with Crippen LogP contribution in [0.15, 0.2) is 60.9 Å². The first-order valence-electron chi connectivity index (χ1n) is 13.0. The van der Waals surface area contributed by atoms with E-state index in [1.165, 1.54) is 18.5 Å². The zero-order valence-corrected chi connectivity index (χ0v) is 22.8. The average molecular weight is 591 g/mol. The van der Waals surface area contributed by atoms with Crippen LogP contribution in [0.3, 0.4) is 0 Å². The van der Waals surface area contributed by atoms with Gasteiger partial charge in [-0.25, -0.2) is 27.8 Å². The van der Waals surface area contributed by atoms with Crippen LogP contribution in [0.2, 0.25) is 0 Å². The highest BCUT2D eigenvalue weighted by atomic mass is 19.2. The minimum absolute atomic E-state index is 0.0972. The van der Waals surface area contributed by atoms with E-state index in [9.17, 15) is 31.5 Å². The van der Waals surface area contributed by atoms with Gasteiger partial charge in [-0.05, 0) is 57.0 Å². The normalized spacial score (nSPS) is 12.9.